The molecule has 76 valence electrons. The normalized spacial score (nSPS) is 30.3. The minimum atomic E-state index is 0.245. The first-order valence-electron chi connectivity index (χ1n) is 5.39. The van der Waals surface area contributed by atoms with Crippen LogP contribution in [0.15, 0.2) is 30.3 Å². The van der Waals surface area contributed by atoms with Crippen molar-refractivity contribution in [3.63, 3.8) is 0 Å². The standard InChI is InChI=1S/C13H18O/c1-13(10-14)9-12(13)8-7-11-5-3-2-4-6-11/h2-6,12,14H,7-10H2,1H3/t12-,13+/m0/s1. The average molecular weight is 190 g/mol. The van der Waals surface area contributed by atoms with Gasteiger partial charge in [-0.3, -0.25) is 0 Å². The van der Waals surface area contributed by atoms with Gasteiger partial charge in [0.15, 0.2) is 0 Å². The van der Waals surface area contributed by atoms with Crippen molar-refractivity contribution in [3.8, 4) is 0 Å². The topological polar surface area (TPSA) is 20.2 Å². The molecule has 0 heterocycles. The molecule has 0 bridgehead atoms. The molecule has 1 aromatic rings. The number of aryl methyl sites for hydroxylation is 1. The summed E-state index contributed by atoms with van der Waals surface area (Å²) in [5, 5.41) is 9.13. The van der Waals surface area contributed by atoms with Crippen molar-refractivity contribution in [1.82, 2.24) is 0 Å². The van der Waals surface area contributed by atoms with Crippen LogP contribution in [0.4, 0.5) is 0 Å². The maximum absolute atomic E-state index is 9.13. The Morgan fingerprint density at radius 2 is 2.07 bits per heavy atom. The van der Waals surface area contributed by atoms with Crippen LogP contribution in [0.1, 0.15) is 25.3 Å². The summed E-state index contributed by atoms with van der Waals surface area (Å²) in [7, 11) is 0. The van der Waals surface area contributed by atoms with E-state index in [1.165, 1.54) is 18.4 Å². The van der Waals surface area contributed by atoms with Crippen molar-refractivity contribution in [2.24, 2.45) is 11.3 Å². The number of hydrogen-bond donors (Lipinski definition) is 1. The minimum Gasteiger partial charge on any atom is -0.396 e. The van der Waals surface area contributed by atoms with E-state index < -0.39 is 0 Å². The number of aliphatic hydroxyl groups excluding tert-OH is 1. The Kier molecular flexibility index (Phi) is 2.60. The minimum absolute atomic E-state index is 0.245. The molecule has 0 aromatic heterocycles. The van der Waals surface area contributed by atoms with Gasteiger partial charge in [0.2, 0.25) is 0 Å². The second-order valence-electron chi connectivity index (χ2n) is 4.74. The van der Waals surface area contributed by atoms with E-state index in [0.717, 1.165) is 12.3 Å². The molecule has 1 saturated carbocycles. The van der Waals surface area contributed by atoms with Crippen molar-refractivity contribution >= 4 is 0 Å². The van der Waals surface area contributed by atoms with Crippen LogP contribution in [0, 0.1) is 11.3 Å². The number of benzene rings is 1. The van der Waals surface area contributed by atoms with Crippen LogP contribution in [0.25, 0.3) is 0 Å². The second-order valence-corrected chi connectivity index (χ2v) is 4.74. The first-order chi connectivity index (χ1) is 6.74. The van der Waals surface area contributed by atoms with Gasteiger partial charge in [-0.05, 0) is 36.2 Å². The van der Waals surface area contributed by atoms with Gasteiger partial charge < -0.3 is 5.11 Å². The van der Waals surface area contributed by atoms with Crippen LogP contribution in [-0.4, -0.2) is 11.7 Å². The van der Waals surface area contributed by atoms with Crippen LogP contribution in [0.5, 0.6) is 0 Å². The quantitative estimate of drug-likeness (QED) is 0.774. The molecular formula is C13H18O. The zero-order chi connectivity index (χ0) is 10.0. The molecule has 1 heteroatoms. The van der Waals surface area contributed by atoms with Crippen molar-refractivity contribution in [1.29, 1.82) is 0 Å². The number of rotatable bonds is 4. The Labute approximate surface area is 85.8 Å². The molecule has 0 saturated heterocycles. The molecule has 0 aliphatic heterocycles. The van der Waals surface area contributed by atoms with Gasteiger partial charge in [0.25, 0.3) is 0 Å². The molecule has 0 radical (unpaired) electrons. The summed E-state index contributed by atoms with van der Waals surface area (Å²) in [6.45, 7) is 2.54. The third kappa shape index (κ3) is 1.98. The highest BCUT2D eigenvalue weighted by molar-refractivity contribution is 5.15. The predicted molar refractivity (Wildman–Crippen MR) is 58.1 cm³/mol. The van der Waals surface area contributed by atoms with Gasteiger partial charge >= 0.3 is 0 Å². The Bertz CT molecular complexity index is 293. The molecule has 1 aromatic carbocycles. The van der Waals surface area contributed by atoms with E-state index in [-0.39, 0.29) is 5.41 Å². The lowest BCUT2D eigenvalue weighted by Crippen LogP contribution is -2.04. The van der Waals surface area contributed by atoms with Gasteiger partial charge in [-0.1, -0.05) is 37.3 Å². The zero-order valence-electron chi connectivity index (χ0n) is 8.74. The summed E-state index contributed by atoms with van der Waals surface area (Å²) >= 11 is 0. The summed E-state index contributed by atoms with van der Waals surface area (Å²) in [5.41, 5.74) is 1.66. The molecule has 1 N–H and O–H groups in total. The van der Waals surface area contributed by atoms with Gasteiger partial charge in [0.05, 0.1) is 0 Å². The van der Waals surface area contributed by atoms with E-state index in [9.17, 15) is 0 Å². The smallest absolute Gasteiger partial charge is 0.0487 e. The van der Waals surface area contributed by atoms with E-state index in [2.05, 4.69) is 37.3 Å². The number of hydrogen-bond acceptors (Lipinski definition) is 1. The van der Waals surface area contributed by atoms with Crippen LogP contribution in [0.3, 0.4) is 0 Å². The van der Waals surface area contributed by atoms with Gasteiger partial charge in [0.1, 0.15) is 0 Å². The van der Waals surface area contributed by atoms with Crippen LogP contribution < -0.4 is 0 Å². The molecule has 2 rings (SSSR count). The van der Waals surface area contributed by atoms with E-state index in [4.69, 9.17) is 5.11 Å². The van der Waals surface area contributed by atoms with Crippen molar-refractivity contribution in [2.45, 2.75) is 26.2 Å². The summed E-state index contributed by atoms with van der Waals surface area (Å²) in [6.07, 6.45) is 3.58. The summed E-state index contributed by atoms with van der Waals surface area (Å²) in [4.78, 5) is 0. The third-order valence-electron chi connectivity index (χ3n) is 3.52. The lowest BCUT2D eigenvalue weighted by molar-refractivity contribution is 0.210. The molecule has 14 heavy (non-hydrogen) atoms. The van der Waals surface area contributed by atoms with E-state index >= 15 is 0 Å². The van der Waals surface area contributed by atoms with Crippen LogP contribution >= 0.6 is 0 Å². The zero-order valence-corrected chi connectivity index (χ0v) is 8.74. The second kappa shape index (κ2) is 3.74. The van der Waals surface area contributed by atoms with E-state index in [1.807, 2.05) is 0 Å². The summed E-state index contributed by atoms with van der Waals surface area (Å²) in [5.74, 6) is 0.743. The third-order valence-corrected chi connectivity index (χ3v) is 3.52. The Balaban J connectivity index is 1.80. The van der Waals surface area contributed by atoms with Gasteiger partial charge in [0, 0.05) is 6.61 Å². The molecule has 0 spiro atoms. The predicted octanol–water partition coefficient (Wildman–Crippen LogP) is 2.64. The summed E-state index contributed by atoms with van der Waals surface area (Å²) < 4.78 is 0. The van der Waals surface area contributed by atoms with Crippen molar-refractivity contribution in [3.05, 3.63) is 35.9 Å². The summed E-state index contributed by atoms with van der Waals surface area (Å²) in [6, 6.07) is 10.6. The monoisotopic (exact) mass is 190 g/mol. The molecule has 1 aliphatic carbocycles. The maximum atomic E-state index is 9.13. The molecule has 0 unspecified atom stereocenters. The van der Waals surface area contributed by atoms with E-state index in [1.54, 1.807) is 0 Å². The Morgan fingerprint density at radius 1 is 1.36 bits per heavy atom. The van der Waals surface area contributed by atoms with Crippen molar-refractivity contribution < 1.29 is 5.11 Å². The molecule has 1 aliphatic rings. The SMILES string of the molecule is C[C@]1(CO)C[C@@H]1CCc1ccccc1. The fourth-order valence-electron chi connectivity index (χ4n) is 2.13. The lowest BCUT2D eigenvalue weighted by Gasteiger charge is -2.06. The molecule has 0 amide bonds. The average Bonchev–Trinajstić information content (AvgIpc) is 2.90. The Morgan fingerprint density at radius 3 is 2.64 bits per heavy atom. The first-order valence-corrected chi connectivity index (χ1v) is 5.39. The molecule has 2 atom stereocenters. The molecular weight excluding hydrogens is 172 g/mol. The largest absolute Gasteiger partial charge is 0.396 e. The maximum Gasteiger partial charge on any atom is 0.0487 e. The highest BCUT2D eigenvalue weighted by Crippen LogP contribution is 2.53. The highest BCUT2D eigenvalue weighted by atomic mass is 16.3. The van der Waals surface area contributed by atoms with Crippen LogP contribution in [-0.2, 0) is 6.42 Å². The first kappa shape index (κ1) is 9.72. The van der Waals surface area contributed by atoms with Gasteiger partial charge in [-0.25, -0.2) is 0 Å². The highest BCUT2D eigenvalue weighted by Gasteiger charge is 2.48. The van der Waals surface area contributed by atoms with Gasteiger partial charge in [-0.2, -0.15) is 0 Å². The van der Waals surface area contributed by atoms with Crippen LogP contribution in [0.2, 0.25) is 0 Å². The molecule has 1 fully saturated rings. The number of aliphatic hydroxyl groups is 1. The lowest BCUT2D eigenvalue weighted by atomic mass is 10.0. The fraction of sp³-hybridized carbons (Fsp3) is 0.538. The Hall–Kier alpha value is -0.820. The van der Waals surface area contributed by atoms with Crippen molar-refractivity contribution in [2.75, 3.05) is 6.61 Å². The molecule has 1 nitrogen and oxygen atoms in total. The fourth-order valence-corrected chi connectivity index (χ4v) is 2.13. The van der Waals surface area contributed by atoms with E-state index in [0.29, 0.717) is 6.61 Å². The van der Waals surface area contributed by atoms with Gasteiger partial charge in [-0.15, -0.1) is 0 Å².